The lowest BCUT2D eigenvalue weighted by molar-refractivity contribution is 0.181. The van der Waals surface area contributed by atoms with Gasteiger partial charge in [-0.25, -0.2) is 4.98 Å². The molecule has 0 fully saturated rings. The van der Waals surface area contributed by atoms with Crippen LogP contribution >= 0.6 is 15.9 Å². The van der Waals surface area contributed by atoms with Crippen LogP contribution in [-0.4, -0.2) is 36.4 Å². The Kier molecular flexibility index (Phi) is 5.88. The average molecular weight is 303 g/mol. The van der Waals surface area contributed by atoms with E-state index in [-0.39, 0.29) is 12.6 Å². The van der Waals surface area contributed by atoms with Crippen LogP contribution in [0.25, 0.3) is 0 Å². The van der Waals surface area contributed by atoms with Gasteiger partial charge in [-0.2, -0.15) is 0 Å². The van der Waals surface area contributed by atoms with Crippen LogP contribution < -0.4 is 4.90 Å². The molecule has 0 saturated heterocycles. The highest BCUT2D eigenvalue weighted by molar-refractivity contribution is 9.10. The molecule has 0 aliphatic heterocycles. The highest BCUT2D eigenvalue weighted by atomic mass is 79.9. The predicted molar refractivity (Wildman–Crippen MR) is 72.2 cm³/mol. The molecule has 4 nitrogen and oxygen atoms in total. The number of anilines is 1. The van der Waals surface area contributed by atoms with Gasteiger partial charge in [-0.15, -0.1) is 0 Å². The molecule has 5 heteroatoms. The fraction of sp³-hybridized carbons (Fsp3) is 0.583. The number of halogens is 1. The van der Waals surface area contributed by atoms with Crippen molar-refractivity contribution in [1.82, 2.24) is 4.98 Å². The number of likely N-dealkylation sites (N-methyl/N-ethyl adjacent to an activating group) is 1. The van der Waals surface area contributed by atoms with Gasteiger partial charge < -0.3 is 14.7 Å². The Morgan fingerprint density at radius 1 is 1.59 bits per heavy atom. The third kappa shape index (κ3) is 3.66. The molecule has 1 atom stereocenters. The fourth-order valence-electron chi connectivity index (χ4n) is 1.85. The Morgan fingerprint density at radius 3 is 2.82 bits per heavy atom. The van der Waals surface area contributed by atoms with E-state index in [2.05, 4.69) is 39.7 Å². The summed E-state index contributed by atoms with van der Waals surface area (Å²) in [6.45, 7) is 5.59. The Hall–Kier alpha value is -0.650. The normalized spacial score (nSPS) is 12.5. The molecule has 0 aliphatic carbocycles. The standard InChI is InChI=1S/C12H19BrN2O2/c1-4-15(9(2)8-17-3)12-10(7-16)5-11(13)6-14-12/h5-6,9,16H,4,7-8H2,1-3H3. The molecule has 1 rings (SSSR count). The second-order valence-electron chi connectivity index (χ2n) is 3.88. The Labute approximate surface area is 111 Å². The minimum absolute atomic E-state index is 0.0159. The van der Waals surface area contributed by atoms with Crippen LogP contribution in [0.1, 0.15) is 19.4 Å². The van der Waals surface area contributed by atoms with E-state index in [0.29, 0.717) is 6.61 Å². The summed E-state index contributed by atoms with van der Waals surface area (Å²) < 4.78 is 6.04. The van der Waals surface area contributed by atoms with Crippen LogP contribution in [0.4, 0.5) is 5.82 Å². The van der Waals surface area contributed by atoms with E-state index >= 15 is 0 Å². The molecule has 1 aromatic heterocycles. The van der Waals surface area contributed by atoms with Crippen molar-refractivity contribution in [1.29, 1.82) is 0 Å². The third-order valence-corrected chi connectivity index (χ3v) is 3.07. The van der Waals surface area contributed by atoms with E-state index in [4.69, 9.17) is 4.74 Å². The van der Waals surface area contributed by atoms with Gasteiger partial charge in [0.25, 0.3) is 0 Å². The van der Waals surface area contributed by atoms with Crippen LogP contribution in [0.3, 0.4) is 0 Å². The summed E-state index contributed by atoms with van der Waals surface area (Å²) in [6.07, 6.45) is 1.75. The van der Waals surface area contributed by atoms with Gasteiger partial charge in [0.2, 0.25) is 0 Å². The van der Waals surface area contributed by atoms with E-state index in [9.17, 15) is 5.11 Å². The molecule has 0 spiro atoms. The SMILES string of the molecule is CCN(c1ncc(Br)cc1CO)C(C)COC. The highest BCUT2D eigenvalue weighted by Gasteiger charge is 2.17. The minimum Gasteiger partial charge on any atom is -0.392 e. The summed E-state index contributed by atoms with van der Waals surface area (Å²) >= 11 is 3.36. The number of hydrogen-bond donors (Lipinski definition) is 1. The van der Waals surface area contributed by atoms with Crippen LogP contribution in [0, 0.1) is 0 Å². The van der Waals surface area contributed by atoms with Crippen molar-refractivity contribution in [2.45, 2.75) is 26.5 Å². The Bertz CT molecular complexity index is 360. The first kappa shape index (κ1) is 14.4. The topological polar surface area (TPSA) is 45.6 Å². The molecule has 0 aromatic carbocycles. The summed E-state index contributed by atoms with van der Waals surface area (Å²) in [6, 6.07) is 2.12. The van der Waals surface area contributed by atoms with Gasteiger partial charge in [0, 0.05) is 29.9 Å². The summed E-state index contributed by atoms with van der Waals surface area (Å²) in [5.41, 5.74) is 0.823. The number of rotatable bonds is 6. The molecule has 1 aromatic rings. The number of pyridine rings is 1. The molecule has 96 valence electrons. The van der Waals surface area contributed by atoms with E-state index < -0.39 is 0 Å². The van der Waals surface area contributed by atoms with Crippen LogP contribution in [-0.2, 0) is 11.3 Å². The van der Waals surface area contributed by atoms with E-state index in [1.54, 1.807) is 13.3 Å². The van der Waals surface area contributed by atoms with Gasteiger partial charge in [-0.3, -0.25) is 0 Å². The van der Waals surface area contributed by atoms with Gasteiger partial charge in [-0.05, 0) is 35.8 Å². The van der Waals surface area contributed by atoms with Crippen molar-refractivity contribution in [3.8, 4) is 0 Å². The first-order valence-corrected chi connectivity index (χ1v) is 6.44. The zero-order valence-corrected chi connectivity index (χ0v) is 12.1. The number of nitrogens with zero attached hydrogens (tertiary/aromatic N) is 2. The third-order valence-electron chi connectivity index (χ3n) is 2.63. The smallest absolute Gasteiger partial charge is 0.134 e. The maximum Gasteiger partial charge on any atom is 0.134 e. The van der Waals surface area contributed by atoms with Crippen LogP contribution in [0.2, 0.25) is 0 Å². The maximum atomic E-state index is 9.38. The summed E-state index contributed by atoms with van der Waals surface area (Å²) in [5.74, 6) is 0.822. The number of aromatic nitrogens is 1. The number of hydrogen-bond acceptors (Lipinski definition) is 4. The minimum atomic E-state index is -0.0159. The number of aliphatic hydroxyl groups excluding tert-OH is 1. The molecule has 1 unspecified atom stereocenters. The number of methoxy groups -OCH3 is 1. The van der Waals surface area contributed by atoms with E-state index in [0.717, 1.165) is 22.4 Å². The molecule has 0 aliphatic rings. The predicted octanol–water partition coefficient (Wildman–Crippen LogP) is 2.20. The first-order valence-electron chi connectivity index (χ1n) is 5.64. The lowest BCUT2D eigenvalue weighted by atomic mass is 10.2. The number of ether oxygens (including phenoxy) is 1. The van der Waals surface area contributed by atoms with Gasteiger partial charge in [0.1, 0.15) is 5.82 Å². The van der Waals surface area contributed by atoms with Crippen molar-refractivity contribution in [3.05, 3.63) is 22.3 Å². The van der Waals surface area contributed by atoms with Gasteiger partial charge >= 0.3 is 0 Å². The average Bonchev–Trinajstić information content (AvgIpc) is 2.32. The molecule has 0 bridgehead atoms. The largest absolute Gasteiger partial charge is 0.392 e. The van der Waals surface area contributed by atoms with Crippen molar-refractivity contribution >= 4 is 21.7 Å². The quantitative estimate of drug-likeness (QED) is 0.875. The van der Waals surface area contributed by atoms with Crippen LogP contribution in [0.15, 0.2) is 16.7 Å². The zero-order valence-electron chi connectivity index (χ0n) is 10.5. The first-order chi connectivity index (χ1) is 8.13. The molecule has 1 N–H and O–H groups in total. The molecular formula is C12H19BrN2O2. The molecule has 0 amide bonds. The molecule has 17 heavy (non-hydrogen) atoms. The van der Waals surface area contributed by atoms with Crippen molar-refractivity contribution in [2.75, 3.05) is 25.2 Å². The van der Waals surface area contributed by atoms with Gasteiger partial charge in [0.05, 0.1) is 19.3 Å². The lowest BCUT2D eigenvalue weighted by Gasteiger charge is -2.30. The van der Waals surface area contributed by atoms with Crippen molar-refractivity contribution in [3.63, 3.8) is 0 Å². The van der Waals surface area contributed by atoms with E-state index in [1.165, 1.54) is 0 Å². The molecule has 1 heterocycles. The second-order valence-corrected chi connectivity index (χ2v) is 4.80. The summed E-state index contributed by atoms with van der Waals surface area (Å²) in [4.78, 5) is 6.51. The highest BCUT2D eigenvalue weighted by Crippen LogP contribution is 2.23. The zero-order chi connectivity index (χ0) is 12.8. The fourth-order valence-corrected chi connectivity index (χ4v) is 2.23. The molecule has 0 saturated carbocycles. The maximum absolute atomic E-state index is 9.38. The van der Waals surface area contributed by atoms with Gasteiger partial charge in [0.15, 0.2) is 0 Å². The Morgan fingerprint density at radius 2 is 2.29 bits per heavy atom. The lowest BCUT2D eigenvalue weighted by Crippen LogP contribution is -2.37. The molecule has 0 radical (unpaired) electrons. The van der Waals surface area contributed by atoms with E-state index in [1.807, 2.05) is 6.07 Å². The molecular weight excluding hydrogens is 284 g/mol. The van der Waals surface area contributed by atoms with Crippen molar-refractivity contribution in [2.24, 2.45) is 0 Å². The van der Waals surface area contributed by atoms with Crippen LogP contribution in [0.5, 0.6) is 0 Å². The second kappa shape index (κ2) is 6.93. The summed E-state index contributed by atoms with van der Waals surface area (Å²) in [5, 5.41) is 9.38. The monoisotopic (exact) mass is 302 g/mol. The van der Waals surface area contributed by atoms with Gasteiger partial charge in [-0.1, -0.05) is 0 Å². The van der Waals surface area contributed by atoms with Crippen molar-refractivity contribution < 1.29 is 9.84 Å². The summed E-state index contributed by atoms with van der Waals surface area (Å²) in [7, 11) is 1.69. The Balaban J connectivity index is 3.02. The number of aliphatic hydroxyl groups is 1.